The van der Waals surface area contributed by atoms with E-state index in [0.717, 1.165) is 24.3 Å². The van der Waals surface area contributed by atoms with E-state index in [1.165, 1.54) is 5.56 Å². The van der Waals surface area contributed by atoms with E-state index in [1.807, 2.05) is 18.2 Å². The Morgan fingerprint density at radius 2 is 2.25 bits per heavy atom. The van der Waals surface area contributed by atoms with Gasteiger partial charge in [-0.2, -0.15) is 0 Å². The van der Waals surface area contributed by atoms with Crippen LogP contribution in [0.2, 0.25) is 5.02 Å². The van der Waals surface area contributed by atoms with Gasteiger partial charge in [0.05, 0.1) is 6.10 Å². The van der Waals surface area contributed by atoms with E-state index in [2.05, 4.69) is 18.3 Å². The van der Waals surface area contributed by atoms with Gasteiger partial charge in [0.25, 0.3) is 0 Å². The average Bonchev–Trinajstić information content (AvgIpc) is 2.64. The van der Waals surface area contributed by atoms with Gasteiger partial charge in [-0.05, 0) is 43.9 Å². The Balaban J connectivity index is 1.99. The Kier molecular flexibility index (Phi) is 3.85. The van der Waals surface area contributed by atoms with Crippen molar-refractivity contribution in [2.75, 3.05) is 0 Å². The van der Waals surface area contributed by atoms with Crippen LogP contribution in [0, 0.1) is 0 Å². The Labute approximate surface area is 102 Å². The number of rotatable bonds is 3. The lowest BCUT2D eigenvalue weighted by Crippen LogP contribution is -2.37. The Morgan fingerprint density at radius 1 is 1.44 bits per heavy atom. The maximum absolute atomic E-state index is 9.75. The van der Waals surface area contributed by atoms with Gasteiger partial charge in [0.15, 0.2) is 0 Å². The summed E-state index contributed by atoms with van der Waals surface area (Å²) in [7, 11) is 0. The third-order valence-corrected chi connectivity index (χ3v) is 3.53. The standard InChI is InChI=1S/C13H18ClNO/c1-9(10-4-2-5-11(14)8-10)15-12-6-3-7-13(12)16/h2,4-5,8-9,12-13,15-16H,3,6-7H2,1H3/t9-,12-,13-/m1/s1. The van der Waals surface area contributed by atoms with Crippen molar-refractivity contribution < 1.29 is 5.11 Å². The highest BCUT2D eigenvalue weighted by Gasteiger charge is 2.26. The minimum Gasteiger partial charge on any atom is -0.392 e. The lowest BCUT2D eigenvalue weighted by molar-refractivity contribution is 0.144. The fourth-order valence-electron chi connectivity index (χ4n) is 2.33. The molecule has 2 N–H and O–H groups in total. The zero-order valence-electron chi connectivity index (χ0n) is 9.49. The van der Waals surface area contributed by atoms with Crippen LogP contribution in [-0.2, 0) is 0 Å². The highest BCUT2D eigenvalue weighted by molar-refractivity contribution is 6.30. The van der Waals surface area contributed by atoms with Gasteiger partial charge in [-0.3, -0.25) is 0 Å². The van der Waals surface area contributed by atoms with E-state index in [0.29, 0.717) is 0 Å². The van der Waals surface area contributed by atoms with Crippen LogP contribution >= 0.6 is 11.6 Å². The first-order valence-corrected chi connectivity index (χ1v) is 6.24. The summed E-state index contributed by atoms with van der Waals surface area (Å²) in [5.41, 5.74) is 1.17. The lowest BCUT2D eigenvalue weighted by Gasteiger charge is -2.22. The van der Waals surface area contributed by atoms with E-state index in [-0.39, 0.29) is 18.2 Å². The molecule has 3 atom stereocenters. The summed E-state index contributed by atoms with van der Waals surface area (Å²) in [4.78, 5) is 0. The van der Waals surface area contributed by atoms with E-state index in [4.69, 9.17) is 11.6 Å². The molecule has 0 spiro atoms. The molecule has 0 aromatic heterocycles. The molecular weight excluding hydrogens is 222 g/mol. The van der Waals surface area contributed by atoms with Crippen LogP contribution in [0.15, 0.2) is 24.3 Å². The van der Waals surface area contributed by atoms with Gasteiger partial charge in [0, 0.05) is 17.1 Å². The Morgan fingerprint density at radius 3 is 2.88 bits per heavy atom. The number of halogens is 1. The monoisotopic (exact) mass is 239 g/mol. The molecule has 0 bridgehead atoms. The van der Waals surface area contributed by atoms with Crippen LogP contribution in [-0.4, -0.2) is 17.3 Å². The van der Waals surface area contributed by atoms with Gasteiger partial charge < -0.3 is 10.4 Å². The van der Waals surface area contributed by atoms with E-state index < -0.39 is 0 Å². The maximum atomic E-state index is 9.75. The summed E-state index contributed by atoms with van der Waals surface area (Å²) < 4.78 is 0. The summed E-state index contributed by atoms with van der Waals surface area (Å²) in [6, 6.07) is 8.33. The van der Waals surface area contributed by atoms with Gasteiger partial charge in [-0.25, -0.2) is 0 Å². The van der Waals surface area contributed by atoms with E-state index in [9.17, 15) is 5.11 Å². The molecule has 16 heavy (non-hydrogen) atoms. The first kappa shape index (κ1) is 11.9. The lowest BCUT2D eigenvalue weighted by atomic mass is 10.1. The fourth-order valence-corrected chi connectivity index (χ4v) is 2.53. The highest BCUT2D eigenvalue weighted by atomic mass is 35.5. The molecule has 88 valence electrons. The van der Waals surface area contributed by atoms with Gasteiger partial charge in [-0.15, -0.1) is 0 Å². The molecule has 0 heterocycles. The molecule has 1 aromatic carbocycles. The highest BCUT2D eigenvalue weighted by Crippen LogP contribution is 2.23. The molecule has 0 unspecified atom stereocenters. The SMILES string of the molecule is C[C@@H](N[C@@H]1CCC[C@H]1O)c1cccc(Cl)c1. The third kappa shape index (κ3) is 2.76. The fraction of sp³-hybridized carbons (Fsp3) is 0.538. The van der Waals surface area contributed by atoms with Gasteiger partial charge in [-0.1, -0.05) is 23.7 Å². The molecule has 1 fully saturated rings. The second-order valence-corrected chi connectivity index (χ2v) is 4.98. The molecule has 1 aromatic rings. The van der Waals surface area contributed by atoms with Crippen LogP contribution < -0.4 is 5.32 Å². The van der Waals surface area contributed by atoms with Gasteiger partial charge in [0.2, 0.25) is 0 Å². The molecule has 1 aliphatic rings. The molecule has 3 heteroatoms. The second-order valence-electron chi connectivity index (χ2n) is 4.55. The normalized spacial score (nSPS) is 26.9. The van der Waals surface area contributed by atoms with Crippen molar-refractivity contribution >= 4 is 11.6 Å². The molecule has 0 aliphatic heterocycles. The molecule has 1 saturated carbocycles. The number of nitrogens with one attached hydrogen (secondary N) is 1. The second kappa shape index (κ2) is 5.17. The van der Waals surface area contributed by atoms with Crippen molar-refractivity contribution in [3.63, 3.8) is 0 Å². The van der Waals surface area contributed by atoms with Crippen molar-refractivity contribution in [1.82, 2.24) is 5.32 Å². The third-order valence-electron chi connectivity index (χ3n) is 3.29. The first-order valence-electron chi connectivity index (χ1n) is 5.86. The number of benzene rings is 1. The zero-order chi connectivity index (χ0) is 11.5. The average molecular weight is 240 g/mol. The number of aliphatic hydroxyl groups excluding tert-OH is 1. The van der Waals surface area contributed by atoms with Crippen molar-refractivity contribution in [1.29, 1.82) is 0 Å². The van der Waals surface area contributed by atoms with Crippen LogP contribution in [0.4, 0.5) is 0 Å². The molecule has 0 radical (unpaired) electrons. The minimum absolute atomic E-state index is 0.193. The summed E-state index contributed by atoms with van der Waals surface area (Å²) in [5, 5.41) is 14.0. The Hall–Kier alpha value is -0.570. The molecule has 0 saturated heterocycles. The summed E-state index contributed by atoms with van der Waals surface area (Å²) >= 11 is 5.96. The van der Waals surface area contributed by atoms with Crippen LogP contribution in [0.25, 0.3) is 0 Å². The number of aliphatic hydroxyl groups is 1. The topological polar surface area (TPSA) is 32.3 Å². The molecular formula is C13H18ClNO. The smallest absolute Gasteiger partial charge is 0.0693 e. The van der Waals surface area contributed by atoms with Crippen LogP contribution in [0.3, 0.4) is 0 Å². The predicted molar refractivity (Wildman–Crippen MR) is 66.6 cm³/mol. The zero-order valence-corrected chi connectivity index (χ0v) is 10.2. The number of hydrogen-bond acceptors (Lipinski definition) is 2. The van der Waals surface area contributed by atoms with Crippen molar-refractivity contribution in [2.24, 2.45) is 0 Å². The Bertz CT molecular complexity index is 356. The summed E-state index contributed by atoms with van der Waals surface area (Å²) in [6.07, 6.45) is 2.90. The molecule has 1 aliphatic carbocycles. The summed E-state index contributed by atoms with van der Waals surface area (Å²) in [6.45, 7) is 2.11. The number of hydrogen-bond donors (Lipinski definition) is 2. The quantitative estimate of drug-likeness (QED) is 0.850. The van der Waals surface area contributed by atoms with Crippen molar-refractivity contribution in [2.45, 2.75) is 44.4 Å². The molecule has 2 rings (SSSR count). The maximum Gasteiger partial charge on any atom is 0.0693 e. The van der Waals surface area contributed by atoms with Crippen LogP contribution in [0.1, 0.15) is 37.8 Å². The van der Waals surface area contributed by atoms with Crippen molar-refractivity contribution in [3.8, 4) is 0 Å². The first-order chi connectivity index (χ1) is 7.66. The van der Waals surface area contributed by atoms with Crippen LogP contribution in [0.5, 0.6) is 0 Å². The van der Waals surface area contributed by atoms with Gasteiger partial charge >= 0.3 is 0 Å². The predicted octanol–water partition coefficient (Wildman–Crippen LogP) is 2.90. The largest absolute Gasteiger partial charge is 0.392 e. The summed E-state index contributed by atoms with van der Waals surface area (Å²) in [5.74, 6) is 0. The van der Waals surface area contributed by atoms with Gasteiger partial charge in [0.1, 0.15) is 0 Å². The van der Waals surface area contributed by atoms with E-state index >= 15 is 0 Å². The van der Waals surface area contributed by atoms with E-state index in [1.54, 1.807) is 0 Å². The minimum atomic E-state index is -0.193. The van der Waals surface area contributed by atoms with Crippen molar-refractivity contribution in [3.05, 3.63) is 34.9 Å². The molecule has 2 nitrogen and oxygen atoms in total. The molecule has 0 amide bonds.